The van der Waals surface area contributed by atoms with Gasteiger partial charge in [-0.05, 0) is 49.3 Å². The van der Waals surface area contributed by atoms with Crippen LogP contribution in [0.3, 0.4) is 0 Å². The van der Waals surface area contributed by atoms with E-state index in [0.717, 1.165) is 64.9 Å². The Morgan fingerprint density at radius 1 is 1.13 bits per heavy atom. The predicted molar refractivity (Wildman–Crippen MR) is 144 cm³/mol. The van der Waals surface area contributed by atoms with Crippen molar-refractivity contribution in [2.24, 2.45) is 12.5 Å². The highest BCUT2D eigenvalue weighted by Crippen LogP contribution is 2.54. The van der Waals surface area contributed by atoms with Gasteiger partial charge in [0.25, 0.3) is 0 Å². The van der Waals surface area contributed by atoms with Crippen molar-refractivity contribution in [2.75, 3.05) is 11.9 Å². The van der Waals surface area contributed by atoms with Crippen molar-refractivity contribution in [2.45, 2.75) is 64.1 Å². The largest absolute Gasteiger partial charge is 0.465 e. The van der Waals surface area contributed by atoms with Gasteiger partial charge in [0.1, 0.15) is 5.69 Å². The van der Waals surface area contributed by atoms with Crippen LogP contribution in [0.5, 0.6) is 0 Å². The Hall–Kier alpha value is -4.02. The number of nitrogens with zero attached hydrogens (tertiary/aromatic N) is 8. The number of carbonyl (C=O) groups is 1. The molecule has 0 aliphatic carbocycles. The smallest absolute Gasteiger partial charge is 0.408 e. The molecular formula is C27H33N9O2. The van der Waals surface area contributed by atoms with Crippen LogP contribution in [-0.4, -0.2) is 76.2 Å². The Morgan fingerprint density at radius 2 is 1.92 bits per heavy atom. The van der Waals surface area contributed by atoms with E-state index in [1.165, 1.54) is 0 Å². The number of aromatic nitrogens is 7. The number of piperidine rings is 1. The normalized spacial score (nSPS) is 23.2. The van der Waals surface area contributed by atoms with E-state index in [2.05, 4.69) is 56.4 Å². The van der Waals surface area contributed by atoms with Crippen LogP contribution in [0, 0.1) is 5.41 Å². The Balaban J connectivity index is 1.28. The van der Waals surface area contributed by atoms with Gasteiger partial charge in [-0.1, -0.05) is 32.1 Å². The van der Waals surface area contributed by atoms with Gasteiger partial charge in [-0.25, -0.2) is 4.79 Å². The monoisotopic (exact) mass is 515 g/mol. The molecule has 1 aromatic carbocycles. The van der Waals surface area contributed by atoms with Crippen molar-refractivity contribution in [1.29, 1.82) is 0 Å². The maximum Gasteiger partial charge on any atom is 0.408 e. The van der Waals surface area contributed by atoms with E-state index >= 15 is 0 Å². The van der Waals surface area contributed by atoms with Crippen LogP contribution in [0.4, 0.5) is 10.6 Å². The fraction of sp³-hybridized carbons (Fsp3) is 0.481. The molecule has 3 aromatic heterocycles. The van der Waals surface area contributed by atoms with E-state index in [1.807, 2.05) is 44.6 Å². The van der Waals surface area contributed by atoms with Crippen LogP contribution in [0.25, 0.3) is 33.4 Å². The number of carboxylic acid groups (broad SMARTS) is 1. The molecular weight excluding hydrogens is 482 g/mol. The number of aryl methyl sites for hydroxylation is 1. The molecule has 0 radical (unpaired) electrons. The van der Waals surface area contributed by atoms with Crippen molar-refractivity contribution in [3.63, 3.8) is 0 Å². The van der Waals surface area contributed by atoms with Crippen molar-refractivity contribution < 1.29 is 9.90 Å². The number of aromatic amines is 1. The SMILES string of the molecule is CN(c1ccc(-c2ccc(-c3cn(C)nn3)c3cn[nH]c23)nn1)[C@H]1C[C@@H]2CC[C@](C(C)(C)C)(C1)N2C(=O)O. The second-order valence-electron chi connectivity index (χ2n) is 11.7. The molecule has 2 saturated heterocycles. The number of nitrogens with one attached hydrogen (secondary N) is 1. The number of anilines is 1. The minimum absolute atomic E-state index is 0.0293. The number of fused-ring (bicyclic) bond motifs is 3. The summed E-state index contributed by atoms with van der Waals surface area (Å²) >= 11 is 0. The average Bonchev–Trinajstić information content (AvgIpc) is 3.60. The fourth-order valence-electron chi connectivity index (χ4n) is 6.68. The molecule has 198 valence electrons. The van der Waals surface area contributed by atoms with Gasteiger partial charge in [0.05, 0.1) is 29.1 Å². The minimum Gasteiger partial charge on any atom is -0.465 e. The number of amides is 1. The van der Waals surface area contributed by atoms with Gasteiger partial charge in [-0.2, -0.15) is 5.10 Å². The van der Waals surface area contributed by atoms with Crippen LogP contribution in [0.2, 0.25) is 0 Å². The molecule has 6 rings (SSSR count). The van der Waals surface area contributed by atoms with Crippen molar-refractivity contribution in [3.05, 3.63) is 36.7 Å². The second-order valence-corrected chi connectivity index (χ2v) is 11.7. The summed E-state index contributed by atoms with van der Waals surface area (Å²) in [7, 11) is 3.89. The second kappa shape index (κ2) is 8.50. The number of benzene rings is 1. The number of hydrogen-bond acceptors (Lipinski definition) is 7. The van der Waals surface area contributed by atoms with Gasteiger partial charge in [-0.15, -0.1) is 15.3 Å². The third kappa shape index (κ3) is 3.63. The Labute approximate surface area is 220 Å². The third-order valence-electron chi connectivity index (χ3n) is 8.77. The van der Waals surface area contributed by atoms with Crippen LogP contribution in [-0.2, 0) is 7.05 Å². The van der Waals surface area contributed by atoms with Crippen LogP contribution in [0.15, 0.2) is 36.7 Å². The van der Waals surface area contributed by atoms with Crippen LogP contribution >= 0.6 is 0 Å². The van der Waals surface area contributed by atoms with E-state index in [9.17, 15) is 9.90 Å². The van der Waals surface area contributed by atoms with Crippen molar-refractivity contribution in [1.82, 2.24) is 40.3 Å². The van der Waals surface area contributed by atoms with Crippen LogP contribution < -0.4 is 4.90 Å². The van der Waals surface area contributed by atoms with Crippen molar-refractivity contribution >= 4 is 22.8 Å². The Kier molecular flexibility index (Phi) is 5.44. The molecule has 11 heteroatoms. The van der Waals surface area contributed by atoms with Crippen molar-refractivity contribution in [3.8, 4) is 22.5 Å². The van der Waals surface area contributed by atoms with E-state index in [-0.39, 0.29) is 23.0 Å². The maximum absolute atomic E-state index is 12.2. The molecule has 4 aromatic rings. The third-order valence-corrected chi connectivity index (χ3v) is 8.77. The van der Waals surface area contributed by atoms with Gasteiger partial charge in [0.2, 0.25) is 0 Å². The summed E-state index contributed by atoms with van der Waals surface area (Å²) in [6.45, 7) is 6.48. The molecule has 38 heavy (non-hydrogen) atoms. The first-order valence-electron chi connectivity index (χ1n) is 13.0. The molecule has 0 spiro atoms. The lowest BCUT2D eigenvalue weighted by Gasteiger charge is -2.54. The molecule has 2 N–H and O–H groups in total. The number of rotatable bonds is 4. The summed E-state index contributed by atoms with van der Waals surface area (Å²) in [5.74, 6) is 0.781. The summed E-state index contributed by atoms with van der Waals surface area (Å²) in [4.78, 5) is 16.2. The zero-order valence-corrected chi connectivity index (χ0v) is 22.4. The van der Waals surface area contributed by atoms with Gasteiger partial charge in [0, 0.05) is 42.7 Å². The summed E-state index contributed by atoms with van der Waals surface area (Å²) in [6.07, 6.45) is 6.24. The quantitative estimate of drug-likeness (QED) is 0.411. The first-order chi connectivity index (χ1) is 18.1. The predicted octanol–water partition coefficient (Wildman–Crippen LogP) is 4.34. The molecule has 3 atom stereocenters. The lowest BCUT2D eigenvalue weighted by molar-refractivity contribution is -0.0204. The summed E-state index contributed by atoms with van der Waals surface area (Å²) < 4.78 is 1.68. The van der Waals surface area contributed by atoms with E-state index in [1.54, 1.807) is 15.8 Å². The highest BCUT2D eigenvalue weighted by molar-refractivity contribution is 6.01. The molecule has 0 unspecified atom stereocenters. The zero-order valence-electron chi connectivity index (χ0n) is 22.4. The van der Waals surface area contributed by atoms with Gasteiger partial charge >= 0.3 is 6.09 Å². The van der Waals surface area contributed by atoms with Gasteiger partial charge in [0.15, 0.2) is 5.82 Å². The molecule has 2 bridgehead atoms. The maximum atomic E-state index is 12.2. The van der Waals surface area contributed by atoms with Gasteiger partial charge in [-0.3, -0.25) is 14.7 Å². The lowest BCUT2D eigenvalue weighted by Crippen LogP contribution is -2.64. The van der Waals surface area contributed by atoms with E-state index < -0.39 is 6.09 Å². The molecule has 2 fully saturated rings. The highest BCUT2D eigenvalue weighted by atomic mass is 16.4. The van der Waals surface area contributed by atoms with E-state index in [0.29, 0.717) is 0 Å². The summed E-state index contributed by atoms with van der Waals surface area (Å²) in [5.41, 5.74) is 3.70. The molecule has 2 aliphatic rings. The molecule has 5 heterocycles. The molecule has 11 nitrogen and oxygen atoms in total. The molecule has 1 amide bonds. The number of hydrogen-bond donors (Lipinski definition) is 2. The molecule has 2 aliphatic heterocycles. The first-order valence-corrected chi connectivity index (χ1v) is 13.0. The molecule has 0 saturated carbocycles. The Bertz CT molecular complexity index is 1500. The topological polar surface area (TPSA) is 129 Å². The number of H-pyrrole nitrogens is 1. The van der Waals surface area contributed by atoms with Gasteiger partial charge < -0.3 is 10.0 Å². The Morgan fingerprint density at radius 3 is 2.58 bits per heavy atom. The fourth-order valence-corrected chi connectivity index (χ4v) is 6.68. The zero-order chi connectivity index (χ0) is 26.8. The van der Waals surface area contributed by atoms with E-state index in [4.69, 9.17) is 0 Å². The first kappa shape index (κ1) is 24.3. The summed E-state index contributed by atoms with van der Waals surface area (Å²) in [6, 6.07) is 8.21. The lowest BCUT2D eigenvalue weighted by atomic mass is 9.67. The summed E-state index contributed by atoms with van der Waals surface area (Å²) in [5, 5.41) is 35.8. The average molecular weight is 516 g/mol. The standard InChI is InChI=1S/C27H33N9O2/c1-26(2,3)27-11-10-16(36(27)25(37)38)12-17(13-27)35(5)23-9-8-21(29-31-23)19-7-6-18(20-14-28-32-24(19)20)22-15-34(4)33-30-22/h6-9,14-17H,10-13H2,1-5H3,(H,28,32)(H,37,38)/t16-,17-,27+/m0/s1. The minimum atomic E-state index is -0.803. The van der Waals surface area contributed by atoms with Crippen LogP contribution in [0.1, 0.15) is 46.5 Å². The highest BCUT2D eigenvalue weighted by Gasteiger charge is 2.59.